The Hall–Kier alpha value is -7.18. The molecule has 3 aliphatic carbocycles. The van der Waals surface area contributed by atoms with E-state index in [1.165, 1.54) is 0 Å². The third-order valence-corrected chi connectivity index (χ3v) is 9.62. The molecule has 3 aliphatic heterocycles. The summed E-state index contributed by atoms with van der Waals surface area (Å²) in [7, 11) is 0. The summed E-state index contributed by atoms with van der Waals surface area (Å²) in [5, 5.41) is 0. The molecule has 6 nitrogen and oxygen atoms in total. The van der Waals surface area contributed by atoms with Crippen LogP contribution in [0.5, 0.6) is 0 Å². The van der Waals surface area contributed by atoms with Gasteiger partial charge in [0.2, 0.25) is 0 Å². The van der Waals surface area contributed by atoms with Crippen LogP contribution in [0.2, 0.25) is 0 Å². The van der Waals surface area contributed by atoms with Crippen molar-refractivity contribution in [2.45, 2.75) is 0 Å². The highest BCUT2D eigenvalue weighted by atomic mass is 16.1. The van der Waals surface area contributed by atoms with Gasteiger partial charge in [-0.15, -0.1) is 0 Å². The Morgan fingerprint density at radius 2 is 0.519 bits per heavy atom. The van der Waals surface area contributed by atoms with Crippen LogP contribution in [0, 0.1) is 5.92 Å². The van der Waals surface area contributed by atoms with Gasteiger partial charge in [-0.1, -0.05) is 109 Å². The summed E-state index contributed by atoms with van der Waals surface area (Å²) < 4.78 is 5.02. The second-order valence-corrected chi connectivity index (χ2v) is 12.6. The molecule has 6 aliphatic rings. The lowest BCUT2D eigenvalue weighted by molar-refractivity contribution is 0.998. The van der Waals surface area contributed by atoms with E-state index in [2.05, 4.69) is 0 Å². The van der Waals surface area contributed by atoms with E-state index in [1.54, 1.807) is 13.7 Å². The van der Waals surface area contributed by atoms with Crippen molar-refractivity contribution in [3.05, 3.63) is 236 Å². The Balaban J connectivity index is 1.49. The molecule has 52 heavy (non-hydrogen) atoms. The second-order valence-electron chi connectivity index (χ2n) is 12.6. The lowest BCUT2D eigenvalue weighted by Gasteiger charge is -2.10. The fourth-order valence-corrected chi connectivity index (χ4v) is 7.44. The van der Waals surface area contributed by atoms with Crippen LogP contribution in [0.15, 0.2) is 196 Å². The topological polar surface area (TPSA) is 66.0 Å². The molecular formula is C46H30N3O3+. The van der Waals surface area contributed by atoms with E-state index in [-0.39, 0.29) is 33.4 Å². The Morgan fingerprint density at radius 3 is 0.788 bits per heavy atom. The molecule has 0 saturated carbocycles. The third-order valence-electron chi connectivity index (χ3n) is 9.62. The van der Waals surface area contributed by atoms with Gasteiger partial charge in [0.25, 0.3) is 0 Å². The summed E-state index contributed by atoms with van der Waals surface area (Å²) in [4.78, 5) is 45.8. The molecule has 0 aromatic heterocycles. The number of para-hydroxylation sites is 3. The molecule has 0 spiro atoms. The third kappa shape index (κ3) is 4.81. The van der Waals surface area contributed by atoms with Crippen LogP contribution in [-0.2, 0) is 0 Å². The molecule has 0 amide bonds. The van der Waals surface area contributed by atoms with Crippen LogP contribution < -0.4 is 16.7 Å². The molecule has 0 saturated heterocycles. The van der Waals surface area contributed by atoms with Gasteiger partial charge in [0.15, 0.2) is 0 Å². The van der Waals surface area contributed by atoms with Gasteiger partial charge in [-0.2, -0.15) is 0 Å². The molecule has 0 bridgehead atoms. The predicted octanol–water partition coefficient (Wildman–Crippen LogP) is 8.47. The van der Waals surface area contributed by atoms with Crippen LogP contribution in [-0.4, -0.2) is 13.7 Å². The minimum Gasteiger partial charge on any atom is -0.248 e. The smallest absolute Gasteiger partial charge is 0.248 e. The fourth-order valence-electron chi connectivity index (χ4n) is 7.44. The molecule has 3 aromatic rings. The maximum Gasteiger partial charge on any atom is 0.312 e. The maximum absolute atomic E-state index is 15.3. The fraction of sp³-hybridized carbons (Fsp3) is 0. The Morgan fingerprint density at radius 1 is 0.288 bits per heavy atom. The van der Waals surface area contributed by atoms with Crippen LogP contribution in [0.4, 0.5) is 0 Å². The standard InChI is InChI=1S/C46H30N3O3/c50-44-40(34-25-13-4-16-28-37(34)47(44)31-19-7-1-8-20-31)43(41-35-26-14-5-17-29-38(35)48(45(41)51)32-21-9-2-10-22-32)42-36-27-15-6-18-30-39(36)49(46(42)52)33-23-11-3-12-24-33/h1-30H/q+1. The minimum atomic E-state index is -0.331. The molecule has 246 valence electrons. The summed E-state index contributed by atoms with van der Waals surface area (Å²) in [6.07, 6.45) is 0. The highest BCUT2D eigenvalue weighted by Gasteiger charge is 2.45. The molecule has 6 heteroatoms. The van der Waals surface area contributed by atoms with Gasteiger partial charge in [-0.05, 0) is 72.8 Å². The van der Waals surface area contributed by atoms with Crippen molar-refractivity contribution in [2.24, 2.45) is 0 Å². The van der Waals surface area contributed by atoms with E-state index in [0.717, 1.165) is 0 Å². The van der Waals surface area contributed by atoms with E-state index in [1.807, 2.05) is 182 Å². The predicted molar refractivity (Wildman–Crippen MR) is 207 cm³/mol. The van der Waals surface area contributed by atoms with Crippen molar-refractivity contribution in [2.75, 3.05) is 0 Å². The van der Waals surface area contributed by atoms with Crippen LogP contribution in [0.25, 0.3) is 50.8 Å². The summed E-state index contributed by atoms with van der Waals surface area (Å²) in [6, 6.07) is 56.8. The van der Waals surface area contributed by atoms with E-state index in [4.69, 9.17) is 0 Å². The summed E-state index contributed by atoms with van der Waals surface area (Å²) in [6.45, 7) is 0. The zero-order chi connectivity index (χ0) is 35.2. The molecule has 0 unspecified atom stereocenters. The Kier molecular flexibility index (Phi) is 7.48. The maximum atomic E-state index is 15.3. The van der Waals surface area contributed by atoms with E-state index in [9.17, 15) is 0 Å². The van der Waals surface area contributed by atoms with Crippen LogP contribution in [0.3, 0.4) is 0 Å². The average Bonchev–Trinajstić information content (AvgIpc) is 3.41. The van der Waals surface area contributed by atoms with E-state index in [0.29, 0.717) is 56.8 Å². The summed E-state index contributed by atoms with van der Waals surface area (Å²) >= 11 is 0. The van der Waals surface area contributed by atoms with Crippen LogP contribution >= 0.6 is 0 Å². The molecule has 3 heterocycles. The van der Waals surface area contributed by atoms with Crippen LogP contribution in [0.1, 0.15) is 16.7 Å². The van der Waals surface area contributed by atoms with Crippen molar-refractivity contribution in [1.29, 1.82) is 0 Å². The number of hydrogen-bond acceptors (Lipinski definition) is 3. The highest BCUT2D eigenvalue weighted by Crippen LogP contribution is 2.44. The second kappa shape index (κ2) is 12.6. The monoisotopic (exact) mass is 672 g/mol. The Bertz CT molecular complexity index is 2490. The average molecular weight is 673 g/mol. The first-order chi connectivity index (χ1) is 25.6. The minimum absolute atomic E-state index is 0.279. The zero-order valence-electron chi connectivity index (χ0n) is 27.9. The molecule has 0 radical (unpaired) electrons. The number of hydrogen-bond donors (Lipinski definition) is 0. The molecule has 0 N–H and O–H groups in total. The number of nitrogens with zero attached hydrogens (tertiary/aromatic N) is 3. The zero-order valence-corrected chi connectivity index (χ0v) is 27.9. The number of benzene rings is 3. The number of rotatable bonds is 6. The molecule has 0 atom stereocenters. The van der Waals surface area contributed by atoms with Crippen molar-refractivity contribution < 1.29 is 0 Å². The summed E-state index contributed by atoms with van der Waals surface area (Å²) in [5.41, 5.74) is 5.70. The van der Waals surface area contributed by atoms with Gasteiger partial charge < -0.3 is 0 Å². The SMILES string of the molecule is O=c1c([C+](c2c3cccccc-3n(-c3ccccc3)c2=O)c2c3cccccc-3n(-c3ccccc3)c2=O)c2cccccc-2n1-c1ccccc1. The van der Waals surface area contributed by atoms with Gasteiger partial charge in [0.05, 0.1) is 56.8 Å². The molecular weight excluding hydrogens is 643 g/mol. The van der Waals surface area contributed by atoms with Gasteiger partial charge in [-0.25, -0.2) is 28.1 Å². The van der Waals surface area contributed by atoms with Gasteiger partial charge in [0.1, 0.15) is 16.7 Å². The Labute approximate surface area is 299 Å². The van der Waals surface area contributed by atoms with Crippen molar-refractivity contribution >= 4 is 0 Å². The summed E-state index contributed by atoms with van der Waals surface area (Å²) in [5.74, 6) is 0.294. The number of aromatic nitrogens is 3. The number of fused-ring (bicyclic) bond motifs is 3. The lowest BCUT2D eigenvalue weighted by Crippen LogP contribution is -2.28. The first-order valence-electron chi connectivity index (χ1n) is 17.1. The first-order valence-corrected chi connectivity index (χ1v) is 17.1. The quantitative estimate of drug-likeness (QED) is 0.167. The van der Waals surface area contributed by atoms with E-state index >= 15 is 14.4 Å². The molecule has 0 fully saturated rings. The largest absolute Gasteiger partial charge is 0.312 e. The van der Waals surface area contributed by atoms with E-state index < -0.39 is 0 Å². The molecule has 9 rings (SSSR count). The van der Waals surface area contributed by atoms with Crippen molar-refractivity contribution in [1.82, 2.24) is 13.7 Å². The normalized spacial score (nSPS) is 11.3. The van der Waals surface area contributed by atoms with Gasteiger partial charge in [-0.3, -0.25) is 0 Å². The molecule has 3 aromatic carbocycles. The highest BCUT2D eigenvalue weighted by molar-refractivity contribution is 5.86. The van der Waals surface area contributed by atoms with Crippen molar-refractivity contribution in [3.8, 4) is 50.8 Å². The van der Waals surface area contributed by atoms with Gasteiger partial charge >= 0.3 is 16.7 Å². The van der Waals surface area contributed by atoms with Gasteiger partial charge in [0, 0.05) is 0 Å². The lowest BCUT2D eigenvalue weighted by atomic mass is 9.82. The van der Waals surface area contributed by atoms with Crippen molar-refractivity contribution in [3.63, 3.8) is 0 Å². The first kappa shape index (κ1) is 30.8.